The van der Waals surface area contributed by atoms with E-state index in [0.717, 1.165) is 12.8 Å². The second-order valence-corrected chi connectivity index (χ2v) is 3.07. The molecule has 0 rings (SSSR count). The van der Waals surface area contributed by atoms with Gasteiger partial charge in [-0.25, -0.2) is 9.79 Å². The summed E-state index contributed by atoms with van der Waals surface area (Å²) in [5.41, 5.74) is 0. The zero-order valence-corrected chi connectivity index (χ0v) is 9.33. The minimum absolute atomic E-state index is 0.234. The number of amides is 2. The highest BCUT2D eigenvalue weighted by Gasteiger charge is 2.06. The van der Waals surface area contributed by atoms with Crippen molar-refractivity contribution in [3.63, 3.8) is 0 Å². The normalized spacial score (nSPS) is 11.0. The third kappa shape index (κ3) is 5.40. The number of nitrogens with zero attached hydrogens (tertiary/aromatic N) is 2. The lowest BCUT2D eigenvalue weighted by Gasteiger charge is -2.12. The first kappa shape index (κ1) is 12.7. The highest BCUT2D eigenvalue weighted by molar-refractivity contribution is 5.92. The molecule has 0 aromatic carbocycles. The van der Waals surface area contributed by atoms with E-state index in [4.69, 9.17) is 4.74 Å². The van der Waals surface area contributed by atoms with Crippen molar-refractivity contribution in [2.24, 2.45) is 4.99 Å². The number of ether oxygens (including phenoxy) is 1. The molecule has 0 bridgehead atoms. The molecule has 0 aromatic rings. The van der Waals surface area contributed by atoms with E-state index >= 15 is 0 Å². The van der Waals surface area contributed by atoms with Crippen LogP contribution < -0.4 is 5.32 Å². The fourth-order valence-corrected chi connectivity index (χ4v) is 0.697. The van der Waals surface area contributed by atoms with Gasteiger partial charge in [0.2, 0.25) is 0 Å². The van der Waals surface area contributed by atoms with E-state index < -0.39 is 0 Å². The molecule has 0 aliphatic heterocycles. The summed E-state index contributed by atoms with van der Waals surface area (Å²) in [6.07, 6.45) is 2.06. The van der Waals surface area contributed by atoms with Gasteiger partial charge in [0.05, 0.1) is 7.11 Å². The van der Waals surface area contributed by atoms with Crippen molar-refractivity contribution in [3.05, 3.63) is 0 Å². The molecule has 0 spiro atoms. The van der Waals surface area contributed by atoms with Crippen molar-refractivity contribution in [1.29, 1.82) is 0 Å². The first-order valence-electron chi connectivity index (χ1n) is 4.68. The molecule has 2 amide bonds. The van der Waals surface area contributed by atoms with Gasteiger partial charge in [0, 0.05) is 20.6 Å². The lowest BCUT2D eigenvalue weighted by Crippen LogP contribution is -2.39. The number of carbonyl (C=O) groups is 1. The lowest BCUT2D eigenvalue weighted by molar-refractivity contribution is 0.219. The summed E-state index contributed by atoms with van der Waals surface area (Å²) >= 11 is 0. The number of amidine groups is 1. The summed E-state index contributed by atoms with van der Waals surface area (Å²) < 4.78 is 4.91. The zero-order chi connectivity index (χ0) is 11.0. The molecular formula is C9H19N3O2. The number of carbonyl (C=O) groups excluding carboxylic acids is 1. The Kier molecular flexibility index (Phi) is 6.53. The highest BCUT2D eigenvalue weighted by atomic mass is 16.5. The first-order chi connectivity index (χ1) is 6.61. The van der Waals surface area contributed by atoms with Gasteiger partial charge in [-0.2, -0.15) is 0 Å². The number of unbranched alkanes of at least 4 members (excludes halogenated alkanes) is 1. The Hall–Kier alpha value is -1.26. The molecule has 0 saturated heterocycles. The lowest BCUT2D eigenvalue weighted by atomic mass is 10.3. The van der Waals surface area contributed by atoms with E-state index in [2.05, 4.69) is 17.2 Å². The maximum atomic E-state index is 11.2. The highest BCUT2D eigenvalue weighted by Crippen LogP contribution is 1.88. The number of methoxy groups -OCH3 is 1. The Labute approximate surface area is 85.1 Å². The van der Waals surface area contributed by atoms with Crippen LogP contribution in [0.15, 0.2) is 4.99 Å². The monoisotopic (exact) mass is 201 g/mol. The van der Waals surface area contributed by atoms with Crippen LogP contribution in [0.5, 0.6) is 0 Å². The van der Waals surface area contributed by atoms with Crippen LogP contribution in [-0.4, -0.2) is 44.7 Å². The molecule has 0 unspecified atom stereocenters. The maximum Gasteiger partial charge on any atom is 0.324 e. The average Bonchev–Trinajstić information content (AvgIpc) is 2.16. The Morgan fingerprint density at radius 2 is 2.14 bits per heavy atom. The van der Waals surface area contributed by atoms with Crippen molar-refractivity contribution in [2.45, 2.75) is 19.8 Å². The molecule has 5 nitrogen and oxygen atoms in total. The fourth-order valence-electron chi connectivity index (χ4n) is 0.697. The largest absolute Gasteiger partial charge is 0.468 e. The molecule has 5 heteroatoms. The van der Waals surface area contributed by atoms with Gasteiger partial charge in [-0.05, 0) is 6.42 Å². The van der Waals surface area contributed by atoms with Gasteiger partial charge < -0.3 is 9.64 Å². The minimum Gasteiger partial charge on any atom is -0.468 e. The molecule has 0 radical (unpaired) electrons. The van der Waals surface area contributed by atoms with E-state index in [-0.39, 0.29) is 12.1 Å². The Balaban J connectivity index is 4.01. The minimum atomic E-state index is -0.234. The van der Waals surface area contributed by atoms with Crippen LogP contribution >= 0.6 is 0 Å². The zero-order valence-electron chi connectivity index (χ0n) is 9.33. The van der Waals surface area contributed by atoms with E-state index in [9.17, 15) is 4.79 Å². The van der Waals surface area contributed by atoms with Gasteiger partial charge >= 0.3 is 6.03 Å². The molecule has 1 N–H and O–H groups in total. The molecule has 0 aliphatic carbocycles. The predicted molar refractivity (Wildman–Crippen MR) is 56.4 cm³/mol. The van der Waals surface area contributed by atoms with Crippen LogP contribution in [0.4, 0.5) is 4.79 Å². The molecule has 0 aliphatic rings. The Morgan fingerprint density at radius 3 is 2.57 bits per heavy atom. The molecule has 0 aromatic heterocycles. The molecule has 0 saturated carbocycles. The number of aliphatic imine (C=N–C) groups is 1. The van der Waals surface area contributed by atoms with E-state index in [1.807, 2.05) is 0 Å². The van der Waals surface area contributed by atoms with Crippen LogP contribution in [0.25, 0.3) is 0 Å². The number of urea groups is 1. The fraction of sp³-hybridized carbons (Fsp3) is 0.778. The number of rotatable bonds is 3. The van der Waals surface area contributed by atoms with Gasteiger partial charge in [0.15, 0.2) is 0 Å². The number of nitrogens with one attached hydrogen (secondary N) is 1. The standard InChI is InChI=1S/C9H19N3O2/c1-5-6-7-10-8(14-4)11-9(13)12(2)3/h5-7H2,1-4H3,(H,10,11,13). The van der Waals surface area contributed by atoms with Crippen molar-refractivity contribution < 1.29 is 9.53 Å². The van der Waals surface area contributed by atoms with E-state index in [0.29, 0.717) is 6.54 Å². The van der Waals surface area contributed by atoms with Gasteiger partial charge in [-0.3, -0.25) is 5.32 Å². The van der Waals surface area contributed by atoms with Crippen molar-refractivity contribution in [2.75, 3.05) is 27.7 Å². The molecule has 0 fully saturated rings. The quantitative estimate of drug-likeness (QED) is 0.421. The molecular weight excluding hydrogens is 182 g/mol. The number of hydrogen-bond donors (Lipinski definition) is 1. The first-order valence-corrected chi connectivity index (χ1v) is 4.68. The van der Waals surface area contributed by atoms with E-state index in [1.165, 1.54) is 12.0 Å². The molecule has 0 heterocycles. The van der Waals surface area contributed by atoms with Gasteiger partial charge in [0.1, 0.15) is 0 Å². The van der Waals surface area contributed by atoms with Crippen molar-refractivity contribution in [1.82, 2.24) is 10.2 Å². The summed E-state index contributed by atoms with van der Waals surface area (Å²) in [5, 5.41) is 2.54. The summed E-state index contributed by atoms with van der Waals surface area (Å²) in [4.78, 5) is 16.7. The van der Waals surface area contributed by atoms with Crippen LogP contribution in [0.1, 0.15) is 19.8 Å². The Morgan fingerprint density at radius 1 is 1.50 bits per heavy atom. The smallest absolute Gasteiger partial charge is 0.324 e. The number of hydrogen-bond acceptors (Lipinski definition) is 3. The van der Waals surface area contributed by atoms with E-state index in [1.54, 1.807) is 14.1 Å². The summed E-state index contributed by atoms with van der Waals surface area (Å²) in [5.74, 6) is 0. The molecule has 0 atom stereocenters. The van der Waals surface area contributed by atoms with Crippen LogP contribution in [0.3, 0.4) is 0 Å². The predicted octanol–water partition coefficient (Wildman–Crippen LogP) is 1.06. The second-order valence-electron chi connectivity index (χ2n) is 3.07. The van der Waals surface area contributed by atoms with Crippen LogP contribution in [0, 0.1) is 0 Å². The maximum absolute atomic E-state index is 11.2. The van der Waals surface area contributed by atoms with Crippen LogP contribution in [-0.2, 0) is 4.74 Å². The topological polar surface area (TPSA) is 53.9 Å². The van der Waals surface area contributed by atoms with Crippen LogP contribution in [0.2, 0.25) is 0 Å². The Bertz CT molecular complexity index is 202. The second kappa shape index (κ2) is 7.17. The summed E-state index contributed by atoms with van der Waals surface area (Å²) in [6, 6.07) is 0.0410. The molecule has 82 valence electrons. The van der Waals surface area contributed by atoms with Gasteiger partial charge in [0.25, 0.3) is 6.02 Å². The SMILES string of the molecule is CCCCN=C(NC(=O)N(C)C)OC. The summed E-state index contributed by atoms with van der Waals surface area (Å²) in [7, 11) is 4.81. The van der Waals surface area contributed by atoms with Crippen molar-refractivity contribution in [3.8, 4) is 0 Å². The van der Waals surface area contributed by atoms with Gasteiger partial charge in [-0.15, -0.1) is 0 Å². The third-order valence-electron chi connectivity index (χ3n) is 1.58. The van der Waals surface area contributed by atoms with Gasteiger partial charge in [-0.1, -0.05) is 13.3 Å². The average molecular weight is 201 g/mol. The summed E-state index contributed by atoms with van der Waals surface area (Å²) in [6.45, 7) is 2.76. The van der Waals surface area contributed by atoms with Crippen molar-refractivity contribution >= 4 is 12.1 Å². The molecule has 14 heavy (non-hydrogen) atoms. The third-order valence-corrected chi connectivity index (χ3v) is 1.58.